The molecule has 3 aromatic rings. The number of carbonyl (C=O) groups excluding carboxylic acids is 2. The van der Waals surface area contributed by atoms with E-state index in [0.717, 1.165) is 11.3 Å². The summed E-state index contributed by atoms with van der Waals surface area (Å²) in [7, 11) is 0. The van der Waals surface area contributed by atoms with E-state index < -0.39 is 5.76 Å². The number of carbonyl (C=O) groups is 2. The number of oxazole rings is 1. The van der Waals surface area contributed by atoms with Crippen molar-refractivity contribution in [2.24, 2.45) is 0 Å². The molecule has 0 fully saturated rings. The Morgan fingerprint density at radius 1 is 1.19 bits per heavy atom. The number of anilines is 2. The highest BCUT2D eigenvalue weighted by molar-refractivity contribution is 6.02. The van der Waals surface area contributed by atoms with Crippen LogP contribution in [0, 0.1) is 0 Å². The van der Waals surface area contributed by atoms with Crippen molar-refractivity contribution in [2.75, 3.05) is 16.8 Å². The van der Waals surface area contributed by atoms with Crippen molar-refractivity contribution in [1.29, 1.82) is 0 Å². The molecule has 7 heteroatoms. The molecule has 0 saturated carbocycles. The molecule has 2 aromatic carbocycles. The molecule has 0 saturated heterocycles. The molecular formula is C19H17N3O4. The number of aromatic nitrogens is 1. The number of hydrogen-bond donors (Lipinski definition) is 1. The van der Waals surface area contributed by atoms with Gasteiger partial charge in [-0.1, -0.05) is 12.1 Å². The zero-order chi connectivity index (χ0) is 18.3. The maximum absolute atomic E-state index is 12.4. The quantitative estimate of drug-likeness (QED) is 0.780. The van der Waals surface area contributed by atoms with E-state index in [4.69, 9.17) is 4.42 Å². The third-order valence-corrected chi connectivity index (χ3v) is 4.49. The monoisotopic (exact) mass is 351 g/mol. The number of nitrogens with zero attached hydrogens (tertiary/aromatic N) is 2. The Balaban J connectivity index is 1.54. The molecule has 1 N–H and O–H groups in total. The summed E-state index contributed by atoms with van der Waals surface area (Å²) in [4.78, 5) is 38.0. The standard InChI is InChI=1S/C19H17N3O4/c1-2-21-14-8-7-13(9-12(14)10-18(21)24)20-17(23)11-22-15-5-3-4-6-16(15)26-19(22)25/h3-9H,2,10-11H2,1H3,(H,20,23). The number of fused-ring (bicyclic) bond motifs is 2. The molecule has 26 heavy (non-hydrogen) atoms. The molecule has 1 aliphatic heterocycles. The van der Waals surface area contributed by atoms with Gasteiger partial charge in [0.25, 0.3) is 0 Å². The summed E-state index contributed by atoms with van der Waals surface area (Å²) in [5.74, 6) is -0.850. The number of nitrogens with one attached hydrogen (secondary N) is 1. The fourth-order valence-electron chi connectivity index (χ4n) is 3.32. The lowest BCUT2D eigenvalue weighted by Gasteiger charge is -2.15. The highest BCUT2D eigenvalue weighted by Crippen LogP contribution is 2.31. The Morgan fingerprint density at radius 3 is 2.81 bits per heavy atom. The van der Waals surface area contributed by atoms with Crippen molar-refractivity contribution in [1.82, 2.24) is 4.57 Å². The molecule has 2 heterocycles. The first kappa shape index (κ1) is 16.1. The summed E-state index contributed by atoms with van der Waals surface area (Å²) < 4.78 is 6.42. The average molecular weight is 351 g/mol. The summed E-state index contributed by atoms with van der Waals surface area (Å²) in [5, 5.41) is 2.78. The minimum atomic E-state index is -0.570. The second-order valence-electron chi connectivity index (χ2n) is 6.13. The SMILES string of the molecule is CCN1C(=O)Cc2cc(NC(=O)Cn3c(=O)oc4ccccc43)ccc21. The van der Waals surface area contributed by atoms with Crippen LogP contribution in [-0.4, -0.2) is 22.9 Å². The van der Waals surface area contributed by atoms with E-state index in [2.05, 4.69) is 5.32 Å². The molecule has 1 aromatic heterocycles. The molecule has 1 aliphatic rings. The van der Waals surface area contributed by atoms with E-state index in [0.29, 0.717) is 29.8 Å². The zero-order valence-electron chi connectivity index (χ0n) is 14.2. The van der Waals surface area contributed by atoms with Crippen LogP contribution in [0.2, 0.25) is 0 Å². The Labute approximate surface area is 148 Å². The molecule has 0 spiro atoms. The molecular weight excluding hydrogens is 334 g/mol. The Morgan fingerprint density at radius 2 is 2.00 bits per heavy atom. The topological polar surface area (TPSA) is 84.5 Å². The van der Waals surface area contributed by atoms with Crippen molar-refractivity contribution < 1.29 is 14.0 Å². The van der Waals surface area contributed by atoms with Gasteiger partial charge in [0, 0.05) is 17.9 Å². The van der Waals surface area contributed by atoms with Crippen LogP contribution in [0.4, 0.5) is 11.4 Å². The smallest absolute Gasteiger partial charge is 0.408 e. The van der Waals surface area contributed by atoms with E-state index in [1.807, 2.05) is 13.0 Å². The van der Waals surface area contributed by atoms with Gasteiger partial charge in [0.05, 0.1) is 11.9 Å². The van der Waals surface area contributed by atoms with Gasteiger partial charge in [0.1, 0.15) is 6.54 Å². The highest BCUT2D eigenvalue weighted by atomic mass is 16.4. The lowest BCUT2D eigenvalue weighted by molar-refractivity contribution is -0.117. The van der Waals surface area contributed by atoms with Crippen LogP contribution in [0.1, 0.15) is 12.5 Å². The largest absolute Gasteiger partial charge is 0.420 e. The summed E-state index contributed by atoms with van der Waals surface area (Å²) in [6, 6.07) is 12.4. The maximum Gasteiger partial charge on any atom is 0.420 e. The third kappa shape index (κ3) is 2.67. The van der Waals surface area contributed by atoms with Gasteiger partial charge >= 0.3 is 5.76 Å². The number of para-hydroxylation sites is 2. The van der Waals surface area contributed by atoms with E-state index in [1.54, 1.807) is 41.3 Å². The molecule has 2 amide bonds. The van der Waals surface area contributed by atoms with Crippen LogP contribution in [0.3, 0.4) is 0 Å². The van der Waals surface area contributed by atoms with Crippen LogP contribution in [0.5, 0.6) is 0 Å². The normalized spacial score (nSPS) is 13.3. The maximum atomic E-state index is 12.4. The fraction of sp³-hybridized carbons (Fsp3) is 0.211. The van der Waals surface area contributed by atoms with Gasteiger partial charge < -0.3 is 14.6 Å². The van der Waals surface area contributed by atoms with Crippen molar-refractivity contribution >= 4 is 34.3 Å². The van der Waals surface area contributed by atoms with Crippen LogP contribution in [0.25, 0.3) is 11.1 Å². The van der Waals surface area contributed by atoms with Crippen molar-refractivity contribution in [3.05, 3.63) is 58.6 Å². The molecule has 4 rings (SSSR count). The molecule has 0 aliphatic carbocycles. The number of amides is 2. The molecule has 0 unspecified atom stereocenters. The van der Waals surface area contributed by atoms with Crippen LogP contribution < -0.4 is 16.0 Å². The van der Waals surface area contributed by atoms with Gasteiger partial charge in [0.2, 0.25) is 11.8 Å². The minimum absolute atomic E-state index is 0.0578. The fourth-order valence-corrected chi connectivity index (χ4v) is 3.32. The number of benzene rings is 2. The molecule has 0 radical (unpaired) electrons. The highest BCUT2D eigenvalue weighted by Gasteiger charge is 2.26. The van der Waals surface area contributed by atoms with Crippen molar-refractivity contribution in [3.8, 4) is 0 Å². The second-order valence-corrected chi connectivity index (χ2v) is 6.13. The molecule has 0 bridgehead atoms. The predicted octanol–water partition coefficient (Wildman–Crippen LogP) is 2.14. The molecule has 0 atom stereocenters. The van der Waals surface area contributed by atoms with Gasteiger partial charge in [-0.25, -0.2) is 4.79 Å². The second kappa shape index (κ2) is 6.18. The Bertz CT molecular complexity index is 1080. The van der Waals surface area contributed by atoms with Gasteiger partial charge in [-0.15, -0.1) is 0 Å². The predicted molar refractivity (Wildman–Crippen MR) is 97.3 cm³/mol. The van der Waals surface area contributed by atoms with E-state index in [1.165, 1.54) is 4.57 Å². The van der Waals surface area contributed by atoms with E-state index >= 15 is 0 Å². The van der Waals surface area contributed by atoms with Crippen molar-refractivity contribution in [2.45, 2.75) is 19.9 Å². The molecule has 7 nitrogen and oxygen atoms in total. The summed E-state index contributed by atoms with van der Waals surface area (Å²) in [6.45, 7) is 2.40. The van der Waals surface area contributed by atoms with Gasteiger partial charge in [-0.05, 0) is 42.8 Å². The first-order valence-electron chi connectivity index (χ1n) is 8.38. The van der Waals surface area contributed by atoms with Gasteiger partial charge in [-0.2, -0.15) is 0 Å². The number of likely N-dealkylation sites (N-methyl/N-ethyl adjacent to an activating group) is 1. The van der Waals surface area contributed by atoms with E-state index in [-0.39, 0.29) is 18.4 Å². The minimum Gasteiger partial charge on any atom is -0.408 e. The average Bonchev–Trinajstić information content (AvgIpc) is 3.10. The molecule has 132 valence electrons. The van der Waals surface area contributed by atoms with Gasteiger partial charge in [0.15, 0.2) is 5.58 Å². The summed E-state index contributed by atoms with van der Waals surface area (Å²) in [5.41, 5.74) is 3.39. The first-order chi connectivity index (χ1) is 12.6. The van der Waals surface area contributed by atoms with E-state index in [9.17, 15) is 14.4 Å². The van der Waals surface area contributed by atoms with Crippen LogP contribution >= 0.6 is 0 Å². The van der Waals surface area contributed by atoms with Crippen LogP contribution in [0.15, 0.2) is 51.7 Å². The third-order valence-electron chi connectivity index (χ3n) is 4.49. The van der Waals surface area contributed by atoms with Crippen LogP contribution in [-0.2, 0) is 22.6 Å². The van der Waals surface area contributed by atoms with Gasteiger partial charge in [-0.3, -0.25) is 14.2 Å². The summed E-state index contributed by atoms with van der Waals surface area (Å²) >= 11 is 0. The number of rotatable bonds is 4. The Hall–Kier alpha value is -3.35. The lowest BCUT2D eigenvalue weighted by atomic mass is 10.1. The Kier molecular flexibility index (Phi) is 3.84. The number of hydrogen-bond acceptors (Lipinski definition) is 4. The lowest BCUT2D eigenvalue weighted by Crippen LogP contribution is -2.25. The zero-order valence-corrected chi connectivity index (χ0v) is 14.2. The first-order valence-corrected chi connectivity index (χ1v) is 8.38. The van der Waals surface area contributed by atoms with Crippen molar-refractivity contribution in [3.63, 3.8) is 0 Å². The summed E-state index contributed by atoms with van der Waals surface area (Å²) in [6.07, 6.45) is 0.332.